The highest BCUT2D eigenvalue weighted by molar-refractivity contribution is 5.97. The Bertz CT molecular complexity index is 555. The Kier molecular flexibility index (Phi) is 3.02. The second-order valence-corrected chi connectivity index (χ2v) is 4.78. The average molecular weight is 243 g/mol. The Morgan fingerprint density at radius 2 is 2.33 bits per heavy atom. The molecule has 1 fully saturated rings. The van der Waals surface area contributed by atoms with Crippen LogP contribution >= 0.6 is 0 Å². The van der Waals surface area contributed by atoms with Gasteiger partial charge in [0.05, 0.1) is 0 Å². The van der Waals surface area contributed by atoms with E-state index in [1.54, 1.807) is 0 Å². The van der Waals surface area contributed by atoms with Gasteiger partial charge in [-0.1, -0.05) is 6.07 Å². The van der Waals surface area contributed by atoms with Crippen molar-refractivity contribution in [1.29, 1.82) is 0 Å². The molecule has 0 aliphatic carbocycles. The number of carbonyl (C=O) groups is 1. The molecule has 1 aromatic heterocycles. The highest BCUT2D eigenvalue weighted by Gasteiger charge is 2.15. The Morgan fingerprint density at radius 3 is 3.17 bits per heavy atom. The molecular weight excluding hydrogens is 226 g/mol. The number of rotatable bonds is 3. The van der Waals surface area contributed by atoms with Crippen molar-refractivity contribution in [3.8, 4) is 0 Å². The quantitative estimate of drug-likeness (QED) is 0.767. The van der Waals surface area contributed by atoms with Crippen LogP contribution in [0.4, 0.5) is 0 Å². The minimum absolute atomic E-state index is 0.000185. The molecule has 3 N–H and O–H groups in total. The molecule has 2 heterocycles. The van der Waals surface area contributed by atoms with Crippen LogP contribution in [-0.4, -0.2) is 30.0 Å². The summed E-state index contributed by atoms with van der Waals surface area (Å²) in [6.07, 6.45) is 4.24. The number of amides is 1. The molecule has 0 spiro atoms. The molecule has 1 atom stereocenters. The van der Waals surface area contributed by atoms with Gasteiger partial charge in [0.25, 0.3) is 5.91 Å². The highest BCUT2D eigenvalue weighted by atomic mass is 16.1. The number of benzene rings is 1. The van der Waals surface area contributed by atoms with Crippen LogP contribution in [-0.2, 0) is 0 Å². The third kappa shape index (κ3) is 2.24. The van der Waals surface area contributed by atoms with Gasteiger partial charge in [-0.3, -0.25) is 4.79 Å². The molecule has 3 rings (SSSR count). The summed E-state index contributed by atoms with van der Waals surface area (Å²) in [4.78, 5) is 15.1. The minimum Gasteiger partial charge on any atom is -0.361 e. The summed E-state index contributed by atoms with van der Waals surface area (Å²) in [5.41, 5.74) is 1.71. The summed E-state index contributed by atoms with van der Waals surface area (Å²) >= 11 is 0. The lowest BCUT2D eigenvalue weighted by Gasteiger charge is -2.11. The molecule has 2 aromatic rings. The first-order valence-corrected chi connectivity index (χ1v) is 6.42. The zero-order chi connectivity index (χ0) is 12.4. The maximum absolute atomic E-state index is 12.0. The molecule has 1 aliphatic rings. The molecule has 94 valence electrons. The van der Waals surface area contributed by atoms with Gasteiger partial charge in [0.15, 0.2) is 0 Å². The summed E-state index contributed by atoms with van der Waals surface area (Å²) in [5.74, 6) is 0.000185. The van der Waals surface area contributed by atoms with Crippen LogP contribution in [0.1, 0.15) is 23.2 Å². The van der Waals surface area contributed by atoms with Crippen LogP contribution in [0.15, 0.2) is 30.5 Å². The van der Waals surface area contributed by atoms with Crippen LogP contribution < -0.4 is 10.6 Å². The molecule has 1 amide bonds. The zero-order valence-electron chi connectivity index (χ0n) is 10.2. The first kappa shape index (κ1) is 11.3. The number of fused-ring (bicyclic) bond motifs is 1. The molecule has 18 heavy (non-hydrogen) atoms. The third-order valence-corrected chi connectivity index (χ3v) is 3.49. The monoisotopic (exact) mass is 243 g/mol. The van der Waals surface area contributed by atoms with Gasteiger partial charge >= 0.3 is 0 Å². The molecular formula is C14H17N3O. The van der Waals surface area contributed by atoms with E-state index in [1.165, 1.54) is 6.42 Å². The van der Waals surface area contributed by atoms with Crippen molar-refractivity contribution in [2.24, 2.45) is 0 Å². The highest BCUT2D eigenvalue weighted by Crippen LogP contribution is 2.14. The minimum atomic E-state index is 0.000185. The van der Waals surface area contributed by atoms with Crippen molar-refractivity contribution >= 4 is 16.8 Å². The number of hydrogen-bond acceptors (Lipinski definition) is 2. The van der Waals surface area contributed by atoms with Gasteiger partial charge in [0.2, 0.25) is 0 Å². The summed E-state index contributed by atoms with van der Waals surface area (Å²) in [5, 5.41) is 7.48. The van der Waals surface area contributed by atoms with E-state index in [4.69, 9.17) is 0 Å². The SMILES string of the molecule is O=C(NCC1CCCN1)c1ccc2cc[nH]c2c1. The maximum Gasteiger partial charge on any atom is 0.251 e. The van der Waals surface area contributed by atoms with E-state index in [1.807, 2.05) is 30.5 Å². The topological polar surface area (TPSA) is 56.9 Å². The fourth-order valence-corrected chi connectivity index (χ4v) is 2.44. The normalized spacial score (nSPS) is 19.2. The number of H-pyrrole nitrogens is 1. The summed E-state index contributed by atoms with van der Waals surface area (Å²) in [6, 6.07) is 8.16. The van der Waals surface area contributed by atoms with Crippen LogP contribution in [0, 0.1) is 0 Å². The van der Waals surface area contributed by atoms with E-state index in [9.17, 15) is 4.79 Å². The maximum atomic E-state index is 12.0. The van der Waals surface area contributed by atoms with Crippen LogP contribution in [0.25, 0.3) is 10.9 Å². The lowest BCUT2D eigenvalue weighted by atomic mass is 10.1. The van der Waals surface area contributed by atoms with Crippen molar-refractivity contribution in [2.75, 3.05) is 13.1 Å². The van der Waals surface area contributed by atoms with E-state index >= 15 is 0 Å². The van der Waals surface area contributed by atoms with E-state index in [2.05, 4.69) is 15.6 Å². The van der Waals surface area contributed by atoms with Gasteiger partial charge in [-0.2, -0.15) is 0 Å². The Morgan fingerprint density at radius 1 is 1.39 bits per heavy atom. The largest absolute Gasteiger partial charge is 0.361 e. The van der Waals surface area contributed by atoms with Crippen molar-refractivity contribution in [3.63, 3.8) is 0 Å². The first-order chi connectivity index (χ1) is 8.83. The smallest absolute Gasteiger partial charge is 0.251 e. The van der Waals surface area contributed by atoms with Crippen molar-refractivity contribution in [3.05, 3.63) is 36.0 Å². The third-order valence-electron chi connectivity index (χ3n) is 3.49. The molecule has 4 heteroatoms. The van der Waals surface area contributed by atoms with E-state index in [0.29, 0.717) is 18.2 Å². The molecule has 0 bridgehead atoms. The lowest BCUT2D eigenvalue weighted by molar-refractivity contribution is 0.0950. The van der Waals surface area contributed by atoms with Crippen LogP contribution in [0.2, 0.25) is 0 Å². The molecule has 0 radical (unpaired) electrons. The first-order valence-electron chi connectivity index (χ1n) is 6.42. The fraction of sp³-hybridized carbons (Fsp3) is 0.357. The fourth-order valence-electron chi connectivity index (χ4n) is 2.44. The average Bonchev–Trinajstić information content (AvgIpc) is 3.05. The molecule has 1 unspecified atom stereocenters. The zero-order valence-corrected chi connectivity index (χ0v) is 10.2. The molecule has 1 saturated heterocycles. The van der Waals surface area contributed by atoms with E-state index in [-0.39, 0.29) is 5.91 Å². The van der Waals surface area contributed by atoms with Gasteiger partial charge < -0.3 is 15.6 Å². The summed E-state index contributed by atoms with van der Waals surface area (Å²) in [6.45, 7) is 1.77. The van der Waals surface area contributed by atoms with Gasteiger partial charge in [-0.25, -0.2) is 0 Å². The van der Waals surface area contributed by atoms with Crippen molar-refractivity contribution in [2.45, 2.75) is 18.9 Å². The number of carbonyl (C=O) groups excluding carboxylic acids is 1. The molecule has 1 aliphatic heterocycles. The second-order valence-electron chi connectivity index (χ2n) is 4.78. The number of aromatic amines is 1. The number of nitrogens with one attached hydrogen (secondary N) is 3. The number of aromatic nitrogens is 1. The van der Waals surface area contributed by atoms with E-state index in [0.717, 1.165) is 23.9 Å². The van der Waals surface area contributed by atoms with Crippen LogP contribution in [0.3, 0.4) is 0 Å². The Hall–Kier alpha value is -1.81. The Labute approximate surface area is 106 Å². The van der Waals surface area contributed by atoms with Gasteiger partial charge in [-0.15, -0.1) is 0 Å². The summed E-state index contributed by atoms with van der Waals surface area (Å²) in [7, 11) is 0. The van der Waals surface area contributed by atoms with Gasteiger partial charge in [0.1, 0.15) is 0 Å². The summed E-state index contributed by atoms with van der Waals surface area (Å²) < 4.78 is 0. The second kappa shape index (κ2) is 4.82. The standard InChI is InChI=1S/C14H17N3O/c18-14(17-9-12-2-1-6-15-12)11-4-3-10-5-7-16-13(10)8-11/h3-5,7-8,12,15-16H,1-2,6,9H2,(H,17,18). The van der Waals surface area contributed by atoms with Crippen LogP contribution in [0.5, 0.6) is 0 Å². The molecule has 4 nitrogen and oxygen atoms in total. The lowest BCUT2D eigenvalue weighted by Crippen LogP contribution is -2.37. The van der Waals surface area contributed by atoms with Gasteiger partial charge in [-0.05, 0) is 43.0 Å². The molecule has 0 saturated carbocycles. The van der Waals surface area contributed by atoms with E-state index < -0.39 is 0 Å². The molecule has 1 aromatic carbocycles. The van der Waals surface area contributed by atoms with Crippen molar-refractivity contribution < 1.29 is 4.79 Å². The van der Waals surface area contributed by atoms with Crippen molar-refractivity contribution in [1.82, 2.24) is 15.6 Å². The predicted molar refractivity (Wildman–Crippen MR) is 71.7 cm³/mol. The Balaban J connectivity index is 1.67. The number of hydrogen-bond donors (Lipinski definition) is 3. The van der Waals surface area contributed by atoms with Gasteiger partial charge in [0, 0.05) is 29.9 Å². The predicted octanol–water partition coefficient (Wildman–Crippen LogP) is 1.65.